The number of methoxy groups -OCH3 is 1. The van der Waals surface area contributed by atoms with Crippen molar-refractivity contribution in [1.29, 1.82) is 0 Å². The molecule has 1 N–H and O–H groups in total. The van der Waals surface area contributed by atoms with E-state index in [-0.39, 0.29) is 0 Å². The van der Waals surface area contributed by atoms with Crippen LogP contribution < -0.4 is 5.32 Å². The van der Waals surface area contributed by atoms with Crippen LogP contribution in [0.4, 0.5) is 0 Å². The Morgan fingerprint density at radius 2 is 2.06 bits per heavy atom. The van der Waals surface area contributed by atoms with Crippen molar-refractivity contribution in [2.45, 2.75) is 25.4 Å². The van der Waals surface area contributed by atoms with E-state index in [9.17, 15) is 0 Å². The molecule has 1 aliphatic carbocycles. The first-order valence-corrected chi connectivity index (χ1v) is 6.81. The predicted molar refractivity (Wildman–Crippen MR) is 72.8 cm³/mol. The molecule has 100 valence electrons. The smallest absolute Gasteiger partial charge is 0.0828 e. The summed E-state index contributed by atoms with van der Waals surface area (Å²) in [4.78, 5) is 0. The van der Waals surface area contributed by atoms with Gasteiger partial charge in [0.1, 0.15) is 0 Å². The number of aryl methyl sites for hydroxylation is 1. The van der Waals surface area contributed by atoms with Gasteiger partial charge in [-0.1, -0.05) is 24.3 Å². The first kappa shape index (κ1) is 13.5. The quantitative estimate of drug-likeness (QED) is 0.752. The predicted octanol–water partition coefficient (Wildman–Crippen LogP) is 2.32. The largest absolute Gasteiger partial charge is 0.383 e. The van der Waals surface area contributed by atoms with E-state index >= 15 is 0 Å². The SMILES string of the molecule is COCCNCCOC1CCCc2ccccc21. The second-order valence-corrected chi connectivity index (χ2v) is 4.69. The van der Waals surface area contributed by atoms with Crippen molar-refractivity contribution in [3.8, 4) is 0 Å². The van der Waals surface area contributed by atoms with Crippen LogP contribution in [0.3, 0.4) is 0 Å². The minimum atomic E-state index is 0.291. The van der Waals surface area contributed by atoms with Gasteiger partial charge < -0.3 is 14.8 Å². The van der Waals surface area contributed by atoms with E-state index in [1.54, 1.807) is 7.11 Å². The molecular formula is C15H23NO2. The summed E-state index contributed by atoms with van der Waals surface area (Å²) in [6.07, 6.45) is 3.87. The molecular weight excluding hydrogens is 226 g/mol. The first-order chi connectivity index (χ1) is 8.92. The summed E-state index contributed by atoms with van der Waals surface area (Å²) >= 11 is 0. The average Bonchev–Trinajstić information content (AvgIpc) is 2.43. The molecule has 1 aromatic rings. The normalized spacial score (nSPS) is 18.6. The fraction of sp³-hybridized carbons (Fsp3) is 0.600. The van der Waals surface area contributed by atoms with E-state index in [1.807, 2.05) is 0 Å². The summed E-state index contributed by atoms with van der Waals surface area (Å²) in [6.45, 7) is 3.30. The lowest BCUT2D eigenvalue weighted by atomic mass is 9.89. The molecule has 0 aliphatic heterocycles. The fourth-order valence-corrected chi connectivity index (χ4v) is 2.46. The Labute approximate surface area is 109 Å². The molecule has 0 radical (unpaired) electrons. The molecule has 18 heavy (non-hydrogen) atoms. The molecule has 0 saturated carbocycles. The van der Waals surface area contributed by atoms with Crippen LogP contribution in [0, 0.1) is 0 Å². The van der Waals surface area contributed by atoms with Gasteiger partial charge in [-0.25, -0.2) is 0 Å². The van der Waals surface area contributed by atoms with Gasteiger partial charge in [0, 0.05) is 20.2 Å². The van der Waals surface area contributed by atoms with Gasteiger partial charge in [-0.3, -0.25) is 0 Å². The number of hydrogen-bond donors (Lipinski definition) is 1. The second kappa shape index (κ2) is 7.52. The summed E-state index contributed by atoms with van der Waals surface area (Å²) in [5.74, 6) is 0. The van der Waals surface area contributed by atoms with Crippen molar-refractivity contribution in [1.82, 2.24) is 5.32 Å². The molecule has 1 aliphatic rings. The molecule has 1 unspecified atom stereocenters. The van der Waals surface area contributed by atoms with E-state index < -0.39 is 0 Å². The Bertz CT molecular complexity index is 354. The maximum absolute atomic E-state index is 5.99. The zero-order chi connectivity index (χ0) is 12.6. The third-order valence-corrected chi connectivity index (χ3v) is 3.40. The van der Waals surface area contributed by atoms with Crippen molar-refractivity contribution < 1.29 is 9.47 Å². The molecule has 1 atom stereocenters. The Morgan fingerprint density at radius 1 is 1.22 bits per heavy atom. The van der Waals surface area contributed by atoms with Crippen molar-refractivity contribution >= 4 is 0 Å². The Balaban J connectivity index is 1.74. The van der Waals surface area contributed by atoms with Crippen molar-refractivity contribution in [2.75, 3.05) is 33.4 Å². The summed E-state index contributed by atoms with van der Waals surface area (Å²) in [7, 11) is 1.72. The van der Waals surface area contributed by atoms with Crippen LogP contribution in [0.5, 0.6) is 0 Å². The maximum Gasteiger partial charge on any atom is 0.0828 e. The topological polar surface area (TPSA) is 30.5 Å². The molecule has 0 fully saturated rings. The van der Waals surface area contributed by atoms with Crippen LogP contribution in [-0.2, 0) is 15.9 Å². The molecule has 0 bridgehead atoms. The van der Waals surface area contributed by atoms with Gasteiger partial charge >= 0.3 is 0 Å². The van der Waals surface area contributed by atoms with E-state index in [0.717, 1.165) is 32.7 Å². The maximum atomic E-state index is 5.99. The van der Waals surface area contributed by atoms with Gasteiger partial charge in [-0.15, -0.1) is 0 Å². The number of fused-ring (bicyclic) bond motifs is 1. The van der Waals surface area contributed by atoms with E-state index in [4.69, 9.17) is 9.47 Å². The molecule has 0 saturated heterocycles. The number of benzene rings is 1. The molecule has 0 aromatic heterocycles. The van der Waals surface area contributed by atoms with E-state index in [1.165, 1.54) is 24.0 Å². The molecule has 3 nitrogen and oxygen atoms in total. The van der Waals surface area contributed by atoms with Crippen LogP contribution >= 0.6 is 0 Å². The highest BCUT2D eigenvalue weighted by molar-refractivity contribution is 5.31. The van der Waals surface area contributed by atoms with Gasteiger partial charge in [0.2, 0.25) is 0 Å². The number of ether oxygens (including phenoxy) is 2. The van der Waals surface area contributed by atoms with Gasteiger partial charge in [0.15, 0.2) is 0 Å². The molecule has 0 heterocycles. The minimum absolute atomic E-state index is 0.291. The van der Waals surface area contributed by atoms with Crippen LogP contribution in [0.1, 0.15) is 30.1 Å². The number of nitrogens with one attached hydrogen (secondary N) is 1. The first-order valence-electron chi connectivity index (χ1n) is 6.81. The molecule has 0 spiro atoms. The number of hydrogen-bond acceptors (Lipinski definition) is 3. The Morgan fingerprint density at radius 3 is 2.94 bits per heavy atom. The summed E-state index contributed by atoms with van der Waals surface area (Å²) in [6, 6.07) is 8.66. The Hall–Kier alpha value is -0.900. The van der Waals surface area contributed by atoms with Gasteiger partial charge in [0.05, 0.1) is 19.3 Å². The zero-order valence-corrected chi connectivity index (χ0v) is 11.2. The number of rotatable bonds is 7. The third-order valence-electron chi connectivity index (χ3n) is 3.40. The second-order valence-electron chi connectivity index (χ2n) is 4.69. The molecule has 3 heteroatoms. The molecule has 0 amide bonds. The lowest BCUT2D eigenvalue weighted by Gasteiger charge is -2.25. The van der Waals surface area contributed by atoms with Gasteiger partial charge in [-0.2, -0.15) is 0 Å². The third kappa shape index (κ3) is 3.80. The highest BCUT2D eigenvalue weighted by atomic mass is 16.5. The standard InChI is InChI=1S/C15H23NO2/c1-17-11-9-16-10-12-18-15-8-4-6-13-5-2-3-7-14(13)15/h2-3,5,7,15-16H,4,6,8-12H2,1H3. The van der Waals surface area contributed by atoms with Crippen LogP contribution in [-0.4, -0.2) is 33.4 Å². The zero-order valence-electron chi connectivity index (χ0n) is 11.2. The summed E-state index contributed by atoms with van der Waals surface area (Å²) < 4.78 is 11.0. The van der Waals surface area contributed by atoms with Crippen molar-refractivity contribution in [2.24, 2.45) is 0 Å². The van der Waals surface area contributed by atoms with Gasteiger partial charge in [-0.05, 0) is 30.4 Å². The van der Waals surface area contributed by atoms with Crippen molar-refractivity contribution in [3.63, 3.8) is 0 Å². The average molecular weight is 249 g/mol. The Kier molecular flexibility index (Phi) is 5.65. The summed E-state index contributed by atoms with van der Waals surface area (Å²) in [5.41, 5.74) is 2.85. The molecule has 2 rings (SSSR count). The lowest BCUT2D eigenvalue weighted by Crippen LogP contribution is -2.25. The fourth-order valence-electron chi connectivity index (χ4n) is 2.46. The van der Waals surface area contributed by atoms with E-state index in [2.05, 4.69) is 29.6 Å². The van der Waals surface area contributed by atoms with Crippen LogP contribution in [0.15, 0.2) is 24.3 Å². The minimum Gasteiger partial charge on any atom is -0.383 e. The molecule has 1 aromatic carbocycles. The van der Waals surface area contributed by atoms with Gasteiger partial charge in [0.25, 0.3) is 0 Å². The lowest BCUT2D eigenvalue weighted by molar-refractivity contribution is 0.0420. The van der Waals surface area contributed by atoms with Crippen molar-refractivity contribution in [3.05, 3.63) is 35.4 Å². The summed E-state index contributed by atoms with van der Waals surface area (Å²) in [5, 5.41) is 3.30. The highest BCUT2D eigenvalue weighted by Crippen LogP contribution is 2.31. The monoisotopic (exact) mass is 249 g/mol. The highest BCUT2D eigenvalue weighted by Gasteiger charge is 2.19. The van der Waals surface area contributed by atoms with Crippen LogP contribution in [0.25, 0.3) is 0 Å². The van der Waals surface area contributed by atoms with E-state index in [0.29, 0.717) is 6.10 Å². The van der Waals surface area contributed by atoms with Crippen LogP contribution in [0.2, 0.25) is 0 Å².